The molecule has 1 aromatic heterocycles. The van der Waals surface area contributed by atoms with Gasteiger partial charge in [-0.3, -0.25) is 14.3 Å². The van der Waals surface area contributed by atoms with Crippen LogP contribution in [0.15, 0.2) is 0 Å². The number of nitrogens with two attached hydrogens (primary N) is 1. The minimum absolute atomic E-state index is 0.0605. The molecule has 7 nitrogen and oxygen atoms in total. The molecule has 1 radical (unpaired) electrons. The second kappa shape index (κ2) is 5.26. The zero-order chi connectivity index (χ0) is 12.1. The largest absolute Gasteiger partial charge is 0.383 e. The van der Waals surface area contributed by atoms with Crippen molar-refractivity contribution in [3.05, 3.63) is 17.5 Å². The fraction of sp³-hybridized carbons (Fsp3) is 0.444. The lowest BCUT2D eigenvalue weighted by Gasteiger charge is -2.04. The molecule has 0 fully saturated rings. The van der Waals surface area contributed by atoms with Crippen LogP contribution < -0.4 is 11.1 Å². The van der Waals surface area contributed by atoms with Gasteiger partial charge in [-0.15, -0.1) is 0 Å². The van der Waals surface area contributed by atoms with Crippen LogP contribution in [-0.2, 0) is 11.3 Å². The van der Waals surface area contributed by atoms with E-state index in [-0.39, 0.29) is 17.3 Å². The molecule has 0 aromatic carbocycles. The molecule has 0 saturated heterocycles. The lowest BCUT2D eigenvalue weighted by molar-refractivity contribution is 0.0946. The SMILES string of the molecule is CNC(=O)c1[c]c(C(N)=O)nn1CCOC. The van der Waals surface area contributed by atoms with E-state index in [1.54, 1.807) is 0 Å². The van der Waals surface area contributed by atoms with Crippen molar-refractivity contribution in [1.82, 2.24) is 15.1 Å². The highest BCUT2D eigenvalue weighted by atomic mass is 16.5. The third kappa shape index (κ3) is 2.57. The van der Waals surface area contributed by atoms with Crippen molar-refractivity contribution in [1.29, 1.82) is 0 Å². The number of hydrogen-bond acceptors (Lipinski definition) is 4. The van der Waals surface area contributed by atoms with Crippen LogP contribution in [0.5, 0.6) is 0 Å². The lowest BCUT2D eigenvalue weighted by Crippen LogP contribution is -2.23. The monoisotopic (exact) mass is 225 g/mol. The van der Waals surface area contributed by atoms with Crippen LogP contribution >= 0.6 is 0 Å². The van der Waals surface area contributed by atoms with Crippen molar-refractivity contribution >= 4 is 11.8 Å². The number of carbonyl (C=O) groups excluding carboxylic acids is 2. The van der Waals surface area contributed by atoms with E-state index in [0.717, 1.165) is 0 Å². The molecule has 3 N–H and O–H groups in total. The Hall–Kier alpha value is -1.89. The van der Waals surface area contributed by atoms with Gasteiger partial charge in [0.05, 0.1) is 19.2 Å². The topological polar surface area (TPSA) is 99.2 Å². The Morgan fingerprint density at radius 3 is 2.81 bits per heavy atom. The number of primary amides is 1. The van der Waals surface area contributed by atoms with E-state index in [1.165, 1.54) is 18.8 Å². The Balaban J connectivity index is 3.02. The third-order valence-corrected chi connectivity index (χ3v) is 1.90. The number of hydrogen-bond donors (Lipinski definition) is 2. The molecule has 0 aliphatic rings. The summed E-state index contributed by atoms with van der Waals surface area (Å²) >= 11 is 0. The average molecular weight is 225 g/mol. The Bertz CT molecular complexity index is 399. The van der Waals surface area contributed by atoms with E-state index in [2.05, 4.69) is 16.5 Å². The lowest BCUT2D eigenvalue weighted by atomic mass is 10.3. The molecule has 7 heteroatoms. The highest BCUT2D eigenvalue weighted by molar-refractivity contribution is 5.96. The van der Waals surface area contributed by atoms with Crippen molar-refractivity contribution in [2.45, 2.75) is 6.54 Å². The Kier molecular flexibility index (Phi) is 4.01. The molecule has 0 saturated carbocycles. The smallest absolute Gasteiger partial charge is 0.269 e. The summed E-state index contributed by atoms with van der Waals surface area (Å²) < 4.78 is 6.20. The maximum absolute atomic E-state index is 11.4. The zero-order valence-corrected chi connectivity index (χ0v) is 9.11. The van der Waals surface area contributed by atoms with E-state index in [4.69, 9.17) is 10.5 Å². The van der Waals surface area contributed by atoms with Crippen LogP contribution in [-0.4, -0.2) is 42.4 Å². The van der Waals surface area contributed by atoms with Gasteiger partial charge in [0.25, 0.3) is 11.8 Å². The number of ether oxygens (including phenoxy) is 1. The van der Waals surface area contributed by atoms with Gasteiger partial charge >= 0.3 is 0 Å². The highest BCUT2D eigenvalue weighted by Crippen LogP contribution is 2.03. The van der Waals surface area contributed by atoms with Gasteiger partial charge in [-0.05, 0) is 0 Å². The first kappa shape index (κ1) is 12.2. The summed E-state index contributed by atoms with van der Waals surface area (Å²) in [6, 6.07) is 2.55. The molecule has 0 atom stereocenters. The molecular weight excluding hydrogens is 212 g/mol. The van der Waals surface area contributed by atoms with Crippen LogP contribution in [0.1, 0.15) is 21.0 Å². The number of rotatable bonds is 5. The molecule has 0 aliphatic carbocycles. The Morgan fingerprint density at radius 2 is 2.31 bits per heavy atom. The number of carbonyl (C=O) groups is 2. The molecule has 0 aliphatic heterocycles. The van der Waals surface area contributed by atoms with Crippen LogP contribution in [0.3, 0.4) is 0 Å². The predicted octanol–water partition coefficient (Wildman–Crippen LogP) is -1.21. The van der Waals surface area contributed by atoms with Gasteiger partial charge in [-0.1, -0.05) is 0 Å². The first-order chi connectivity index (χ1) is 7.60. The minimum atomic E-state index is -0.721. The van der Waals surface area contributed by atoms with Crippen LogP contribution in [0, 0.1) is 6.07 Å². The van der Waals surface area contributed by atoms with Crippen LogP contribution in [0.2, 0.25) is 0 Å². The van der Waals surface area contributed by atoms with Crippen molar-refractivity contribution in [2.24, 2.45) is 5.73 Å². The quantitative estimate of drug-likeness (QED) is 0.656. The van der Waals surface area contributed by atoms with Crippen molar-refractivity contribution in [3.8, 4) is 0 Å². The third-order valence-electron chi connectivity index (χ3n) is 1.90. The summed E-state index contributed by atoms with van der Waals surface area (Å²) in [4.78, 5) is 22.3. The maximum Gasteiger partial charge on any atom is 0.269 e. The van der Waals surface area contributed by atoms with Gasteiger partial charge in [0, 0.05) is 14.2 Å². The first-order valence-corrected chi connectivity index (χ1v) is 4.61. The Morgan fingerprint density at radius 1 is 1.62 bits per heavy atom. The normalized spacial score (nSPS) is 10.1. The predicted molar refractivity (Wildman–Crippen MR) is 54.8 cm³/mol. The summed E-state index contributed by atoms with van der Waals surface area (Å²) in [7, 11) is 3.01. The molecule has 1 rings (SSSR count). The van der Waals surface area contributed by atoms with Gasteiger partial charge in [0.15, 0.2) is 5.69 Å². The summed E-state index contributed by atoms with van der Waals surface area (Å²) in [6.07, 6.45) is 0. The van der Waals surface area contributed by atoms with E-state index in [0.29, 0.717) is 13.2 Å². The van der Waals surface area contributed by atoms with Gasteiger partial charge in [-0.25, -0.2) is 0 Å². The number of aromatic nitrogens is 2. The van der Waals surface area contributed by atoms with Crippen LogP contribution in [0.25, 0.3) is 0 Å². The summed E-state index contributed by atoms with van der Waals surface area (Å²) in [5, 5.41) is 6.29. The van der Waals surface area contributed by atoms with Crippen molar-refractivity contribution < 1.29 is 14.3 Å². The number of methoxy groups -OCH3 is 1. The zero-order valence-electron chi connectivity index (χ0n) is 9.11. The second-order valence-corrected chi connectivity index (χ2v) is 2.98. The summed E-state index contributed by atoms with van der Waals surface area (Å²) in [6.45, 7) is 0.723. The number of nitrogens with zero attached hydrogens (tertiary/aromatic N) is 2. The Labute approximate surface area is 92.6 Å². The van der Waals surface area contributed by atoms with E-state index in [1.807, 2.05) is 0 Å². The van der Waals surface area contributed by atoms with Crippen molar-refractivity contribution in [2.75, 3.05) is 20.8 Å². The molecular formula is C9H13N4O3. The van der Waals surface area contributed by atoms with Gasteiger partial charge in [-0.2, -0.15) is 5.10 Å². The average Bonchev–Trinajstić information content (AvgIpc) is 2.69. The molecule has 0 unspecified atom stereocenters. The molecule has 1 heterocycles. The second-order valence-electron chi connectivity index (χ2n) is 2.98. The molecule has 16 heavy (non-hydrogen) atoms. The standard InChI is InChI=1S/C9H13N4O3/c1-11-9(15)7-5-6(8(10)14)12-13(7)3-4-16-2/h3-4H2,1-2H3,(H2,10,14)(H,11,15). The fourth-order valence-electron chi connectivity index (χ4n) is 1.12. The summed E-state index contributed by atoms with van der Waals surface area (Å²) in [5.41, 5.74) is 5.16. The molecule has 0 spiro atoms. The first-order valence-electron chi connectivity index (χ1n) is 4.61. The van der Waals surface area contributed by atoms with Gasteiger partial charge in [0.2, 0.25) is 0 Å². The number of nitrogens with one attached hydrogen (secondary N) is 1. The molecule has 87 valence electrons. The summed E-state index contributed by atoms with van der Waals surface area (Å²) in [5.74, 6) is -1.10. The minimum Gasteiger partial charge on any atom is -0.383 e. The van der Waals surface area contributed by atoms with Gasteiger partial charge < -0.3 is 15.8 Å². The van der Waals surface area contributed by atoms with E-state index >= 15 is 0 Å². The van der Waals surface area contributed by atoms with Crippen LogP contribution in [0.4, 0.5) is 0 Å². The van der Waals surface area contributed by atoms with E-state index in [9.17, 15) is 9.59 Å². The highest BCUT2D eigenvalue weighted by Gasteiger charge is 2.17. The molecule has 0 bridgehead atoms. The molecule has 1 aromatic rings. The molecule has 2 amide bonds. The fourth-order valence-corrected chi connectivity index (χ4v) is 1.12. The van der Waals surface area contributed by atoms with E-state index < -0.39 is 5.91 Å². The maximum atomic E-state index is 11.4. The number of amides is 2. The van der Waals surface area contributed by atoms with Crippen molar-refractivity contribution in [3.63, 3.8) is 0 Å². The van der Waals surface area contributed by atoms with Gasteiger partial charge in [0.1, 0.15) is 5.69 Å².